The molecule has 3 heteroatoms. The molecule has 0 heterocycles. The van der Waals surface area contributed by atoms with Gasteiger partial charge in [0.2, 0.25) is 0 Å². The predicted molar refractivity (Wildman–Crippen MR) is 55.8 cm³/mol. The summed E-state index contributed by atoms with van der Waals surface area (Å²) < 4.78 is 5.25. The van der Waals surface area contributed by atoms with E-state index >= 15 is 0 Å². The van der Waals surface area contributed by atoms with Gasteiger partial charge >= 0.3 is 5.97 Å². The highest BCUT2D eigenvalue weighted by molar-refractivity contribution is 6.53. The summed E-state index contributed by atoms with van der Waals surface area (Å²) in [7, 11) is -0.916. The van der Waals surface area contributed by atoms with Crippen LogP contribution >= 0.6 is 0 Å². The second-order valence-electron chi connectivity index (χ2n) is 2.77. The molecular weight excluding hydrogens is 180 g/mol. The first-order valence-electron chi connectivity index (χ1n) is 4.66. The van der Waals surface area contributed by atoms with Crippen LogP contribution in [0, 0.1) is 0 Å². The maximum atomic E-state index is 11.0. The summed E-state index contributed by atoms with van der Waals surface area (Å²) in [5.74, 6) is -0.290. The number of hydrogen-bond acceptors (Lipinski definition) is 2. The number of rotatable bonds is 6. The lowest BCUT2D eigenvalue weighted by Gasteiger charge is -2.10. The van der Waals surface area contributed by atoms with Gasteiger partial charge in [-0.3, -0.25) is 0 Å². The zero-order valence-corrected chi connectivity index (χ0v) is 9.43. The van der Waals surface area contributed by atoms with Gasteiger partial charge in [0.1, 0.15) is 0 Å². The fourth-order valence-electron chi connectivity index (χ4n) is 0.929. The first kappa shape index (κ1) is 12.2. The van der Waals surface area contributed by atoms with Gasteiger partial charge in [-0.25, -0.2) is 4.79 Å². The topological polar surface area (TPSA) is 26.3 Å². The van der Waals surface area contributed by atoms with E-state index in [9.17, 15) is 4.79 Å². The third-order valence-electron chi connectivity index (χ3n) is 1.67. The molecule has 0 aliphatic rings. The Labute approximate surface area is 82.0 Å². The van der Waals surface area contributed by atoms with Gasteiger partial charge < -0.3 is 4.43 Å². The van der Waals surface area contributed by atoms with E-state index in [1.54, 1.807) is 0 Å². The van der Waals surface area contributed by atoms with Crippen LogP contribution in [-0.4, -0.2) is 15.0 Å². The number of carbonyl (C=O) groups is 1. The maximum Gasteiger partial charge on any atom is 0.325 e. The summed E-state index contributed by atoms with van der Waals surface area (Å²) >= 11 is 0. The maximum absolute atomic E-state index is 11.0. The second kappa shape index (κ2) is 7.84. The van der Waals surface area contributed by atoms with Crippen molar-refractivity contribution in [1.29, 1.82) is 0 Å². The van der Waals surface area contributed by atoms with E-state index in [-0.39, 0.29) is 5.97 Å². The molecule has 0 aromatic rings. The number of unbranched alkanes of at least 4 members (excludes halogenated alkanes) is 1. The van der Waals surface area contributed by atoms with Crippen LogP contribution < -0.4 is 0 Å². The Balaban J connectivity index is 3.82. The molecule has 0 fully saturated rings. The van der Waals surface area contributed by atoms with Crippen LogP contribution in [0.1, 0.15) is 26.7 Å². The minimum absolute atomic E-state index is 0.290. The van der Waals surface area contributed by atoms with Crippen LogP contribution in [0.25, 0.3) is 0 Å². The Morgan fingerprint density at radius 1 is 1.62 bits per heavy atom. The molecule has 0 bridgehead atoms. The molecule has 0 atom stereocenters. The van der Waals surface area contributed by atoms with Crippen molar-refractivity contribution in [3.05, 3.63) is 18.4 Å². The van der Waals surface area contributed by atoms with Crippen LogP contribution in [0.4, 0.5) is 0 Å². The van der Waals surface area contributed by atoms with Gasteiger partial charge in [-0.05, 0) is 12.1 Å². The van der Waals surface area contributed by atoms with Gasteiger partial charge in [-0.15, -0.1) is 5.73 Å². The van der Waals surface area contributed by atoms with E-state index in [1.807, 2.05) is 0 Å². The highest BCUT2D eigenvalue weighted by atomic mass is 28.3. The normalized spacial score (nSPS) is 9.46. The standard InChI is InChI=1S/C10H17O2Si/c1-4-7-9-13(6-3)12-10(11)8-5-2/h8H,2,4,6-7,9H2,1,3H3. The SMILES string of the molecule is C=C=CC(=O)O[Si](CC)CCCC. The van der Waals surface area contributed by atoms with E-state index in [0.717, 1.165) is 24.9 Å². The van der Waals surface area contributed by atoms with Gasteiger partial charge in [0.05, 0.1) is 6.08 Å². The summed E-state index contributed by atoms with van der Waals surface area (Å²) in [5.41, 5.74) is 2.42. The predicted octanol–water partition coefficient (Wildman–Crippen LogP) is 2.68. The van der Waals surface area contributed by atoms with Gasteiger partial charge in [0.15, 0.2) is 0 Å². The van der Waals surface area contributed by atoms with Gasteiger partial charge in [0, 0.05) is 0 Å². The Hall–Kier alpha value is -0.793. The average molecular weight is 197 g/mol. The lowest BCUT2D eigenvalue weighted by molar-refractivity contribution is -0.129. The molecule has 13 heavy (non-hydrogen) atoms. The van der Waals surface area contributed by atoms with Gasteiger partial charge in [0.25, 0.3) is 9.04 Å². The zero-order valence-electron chi connectivity index (χ0n) is 8.43. The zero-order chi connectivity index (χ0) is 10.1. The molecular formula is C10H17O2Si. The fraction of sp³-hybridized carbons (Fsp3) is 0.600. The summed E-state index contributed by atoms with van der Waals surface area (Å²) in [6.45, 7) is 7.53. The molecule has 0 spiro atoms. The highest BCUT2D eigenvalue weighted by Crippen LogP contribution is 2.06. The summed E-state index contributed by atoms with van der Waals surface area (Å²) in [5, 5.41) is 0. The van der Waals surface area contributed by atoms with Crippen molar-refractivity contribution in [1.82, 2.24) is 0 Å². The van der Waals surface area contributed by atoms with Crippen molar-refractivity contribution in [3.8, 4) is 0 Å². The summed E-state index contributed by atoms with van der Waals surface area (Å²) in [6, 6.07) is 2.02. The molecule has 0 aliphatic carbocycles. The quantitative estimate of drug-likeness (QED) is 0.372. The molecule has 1 radical (unpaired) electrons. The second-order valence-corrected chi connectivity index (χ2v) is 5.25. The molecule has 2 nitrogen and oxygen atoms in total. The molecule has 0 saturated carbocycles. The number of carbonyl (C=O) groups excluding carboxylic acids is 1. The highest BCUT2D eigenvalue weighted by Gasteiger charge is 2.13. The molecule has 0 aromatic carbocycles. The van der Waals surface area contributed by atoms with Crippen molar-refractivity contribution in [2.75, 3.05) is 0 Å². The van der Waals surface area contributed by atoms with Crippen LogP contribution in [0.2, 0.25) is 12.1 Å². The van der Waals surface area contributed by atoms with E-state index in [0.29, 0.717) is 0 Å². The van der Waals surface area contributed by atoms with Crippen LogP contribution in [-0.2, 0) is 9.22 Å². The molecule has 0 aliphatic heterocycles. The fourth-order valence-corrected chi connectivity index (χ4v) is 2.62. The monoisotopic (exact) mass is 197 g/mol. The largest absolute Gasteiger partial charge is 0.514 e. The molecule has 73 valence electrons. The third-order valence-corrected chi connectivity index (χ3v) is 3.86. The number of hydrogen-bond donors (Lipinski definition) is 0. The minimum Gasteiger partial charge on any atom is -0.514 e. The molecule has 0 saturated heterocycles. The summed E-state index contributed by atoms with van der Waals surface area (Å²) in [6.07, 6.45) is 3.56. The Morgan fingerprint density at radius 2 is 2.31 bits per heavy atom. The summed E-state index contributed by atoms with van der Waals surface area (Å²) in [4.78, 5) is 11.0. The van der Waals surface area contributed by atoms with E-state index in [4.69, 9.17) is 4.43 Å². The molecule has 0 rings (SSSR count). The van der Waals surface area contributed by atoms with Crippen LogP contribution in [0.5, 0.6) is 0 Å². The Kier molecular flexibility index (Phi) is 7.36. The van der Waals surface area contributed by atoms with E-state index < -0.39 is 9.04 Å². The lowest BCUT2D eigenvalue weighted by Crippen LogP contribution is -2.19. The van der Waals surface area contributed by atoms with Crippen molar-refractivity contribution in [2.45, 2.75) is 38.8 Å². The molecule has 0 amide bonds. The van der Waals surface area contributed by atoms with Gasteiger partial charge in [-0.2, -0.15) is 0 Å². The van der Waals surface area contributed by atoms with E-state index in [1.165, 1.54) is 6.08 Å². The van der Waals surface area contributed by atoms with Crippen molar-refractivity contribution >= 4 is 15.0 Å². The van der Waals surface area contributed by atoms with Crippen LogP contribution in [0.15, 0.2) is 18.4 Å². The Morgan fingerprint density at radius 3 is 2.77 bits per heavy atom. The van der Waals surface area contributed by atoms with Crippen molar-refractivity contribution in [3.63, 3.8) is 0 Å². The van der Waals surface area contributed by atoms with Gasteiger partial charge in [-0.1, -0.05) is 33.3 Å². The molecule has 0 aromatic heterocycles. The Bertz CT molecular complexity index is 195. The van der Waals surface area contributed by atoms with E-state index in [2.05, 4.69) is 26.2 Å². The molecule has 0 unspecified atom stereocenters. The first-order valence-corrected chi connectivity index (χ1v) is 6.49. The third kappa shape index (κ3) is 6.38. The molecule has 0 N–H and O–H groups in total. The first-order chi connectivity index (χ1) is 6.24. The lowest BCUT2D eigenvalue weighted by atomic mass is 10.4. The average Bonchev–Trinajstić information content (AvgIpc) is 2.12. The minimum atomic E-state index is -0.916. The van der Waals surface area contributed by atoms with Crippen molar-refractivity contribution < 1.29 is 9.22 Å². The smallest absolute Gasteiger partial charge is 0.325 e. The van der Waals surface area contributed by atoms with Crippen LogP contribution in [0.3, 0.4) is 0 Å². The van der Waals surface area contributed by atoms with Crippen molar-refractivity contribution in [2.24, 2.45) is 0 Å².